The third kappa shape index (κ3) is 4.29. The zero-order valence-corrected chi connectivity index (χ0v) is 9.37. The van der Waals surface area contributed by atoms with Gasteiger partial charge in [0.05, 0.1) is 5.25 Å². The van der Waals surface area contributed by atoms with Gasteiger partial charge < -0.3 is 0 Å². The van der Waals surface area contributed by atoms with Crippen LogP contribution in [0.5, 0.6) is 0 Å². The molecule has 0 spiro atoms. The molecule has 5 heteroatoms. The van der Waals surface area contributed by atoms with Gasteiger partial charge in [0.15, 0.2) is 0 Å². The second kappa shape index (κ2) is 4.62. The van der Waals surface area contributed by atoms with Gasteiger partial charge in [-0.25, -0.2) is 13.1 Å². The van der Waals surface area contributed by atoms with Gasteiger partial charge in [0.25, 0.3) is 0 Å². The summed E-state index contributed by atoms with van der Waals surface area (Å²) in [7, 11) is -2.98. The van der Waals surface area contributed by atoms with E-state index in [0.717, 1.165) is 25.7 Å². The van der Waals surface area contributed by atoms with Crippen molar-refractivity contribution in [2.45, 2.75) is 43.2 Å². The highest BCUT2D eigenvalue weighted by Gasteiger charge is 2.34. The molecule has 0 bridgehead atoms. The lowest BCUT2D eigenvalue weighted by molar-refractivity contribution is 0.575. The summed E-state index contributed by atoms with van der Waals surface area (Å²) in [6, 6.07) is 0. The number of rotatable bonds is 6. The molecular formula is C8H16ClNO2S. The molecule has 1 saturated carbocycles. The third-order valence-corrected chi connectivity index (χ3v) is 4.22. The molecule has 0 heterocycles. The Bertz CT molecular complexity index is 247. The first-order valence-corrected chi connectivity index (χ1v) is 6.63. The molecule has 0 saturated heterocycles. The van der Waals surface area contributed by atoms with Crippen molar-refractivity contribution >= 4 is 21.6 Å². The van der Waals surface area contributed by atoms with Gasteiger partial charge in [-0.15, -0.1) is 11.6 Å². The van der Waals surface area contributed by atoms with Crippen molar-refractivity contribution in [1.29, 1.82) is 0 Å². The molecule has 3 nitrogen and oxygen atoms in total. The van der Waals surface area contributed by atoms with Crippen LogP contribution in [0.15, 0.2) is 0 Å². The van der Waals surface area contributed by atoms with E-state index in [-0.39, 0.29) is 10.6 Å². The van der Waals surface area contributed by atoms with E-state index in [0.29, 0.717) is 6.54 Å². The fourth-order valence-corrected chi connectivity index (χ4v) is 2.67. The fraction of sp³-hybridized carbons (Fsp3) is 1.00. The van der Waals surface area contributed by atoms with Crippen LogP contribution in [-0.2, 0) is 10.0 Å². The lowest BCUT2D eigenvalue weighted by Gasteiger charge is -2.05. The van der Waals surface area contributed by atoms with Crippen LogP contribution in [0.4, 0.5) is 0 Å². The molecule has 0 aromatic heterocycles. The minimum atomic E-state index is -2.98. The maximum atomic E-state index is 11.3. The molecule has 1 rings (SSSR count). The summed E-state index contributed by atoms with van der Waals surface area (Å²) in [5.74, 6) is 0. The summed E-state index contributed by atoms with van der Waals surface area (Å²) >= 11 is 5.73. The summed E-state index contributed by atoms with van der Waals surface area (Å²) in [6.45, 7) is 2.44. The molecule has 0 aromatic carbocycles. The standard InChI is InChI=1S/C8H16ClNO2S/c1-7(9)3-2-6-10-13(11,12)8-4-5-8/h7-8,10H,2-6H2,1H3. The molecule has 0 radical (unpaired) electrons. The van der Waals surface area contributed by atoms with Gasteiger partial charge in [0, 0.05) is 11.9 Å². The van der Waals surface area contributed by atoms with E-state index in [2.05, 4.69) is 4.72 Å². The average Bonchev–Trinajstić information content (AvgIpc) is 2.79. The summed E-state index contributed by atoms with van der Waals surface area (Å²) in [6.07, 6.45) is 3.31. The smallest absolute Gasteiger partial charge is 0.214 e. The largest absolute Gasteiger partial charge is 0.215 e. The Hall–Kier alpha value is 0.200. The van der Waals surface area contributed by atoms with Crippen LogP contribution in [0, 0.1) is 0 Å². The molecule has 1 aliphatic carbocycles. The number of sulfonamides is 1. The van der Waals surface area contributed by atoms with Crippen molar-refractivity contribution in [2.75, 3.05) is 6.54 Å². The summed E-state index contributed by atoms with van der Waals surface area (Å²) in [5.41, 5.74) is 0. The van der Waals surface area contributed by atoms with E-state index >= 15 is 0 Å². The zero-order chi connectivity index (χ0) is 9.90. The molecule has 13 heavy (non-hydrogen) atoms. The number of nitrogens with one attached hydrogen (secondary N) is 1. The van der Waals surface area contributed by atoms with Crippen molar-refractivity contribution < 1.29 is 8.42 Å². The van der Waals surface area contributed by atoms with Crippen molar-refractivity contribution in [1.82, 2.24) is 4.72 Å². The van der Waals surface area contributed by atoms with Crippen molar-refractivity contribution in [3.63, 3.8) is 0 Å². The van der Waals surface area contributed by atoms with Crippen LogP contribution in [0.1, 0.15) is 32.6 Å². The minimum Gasteiger partial charge on any atom is -0.215 e. The van der Waals surface area contributed by atoms with Crippen LogP contribution >= 0.6 is 11.6 Å². The number of halogens is 1. The average molecular weight is 226 g/mol. The normalized spacial score (nSPS) is 20.2. The van der Waals surface area contributed by atoms with Gasteiger partial charge >= 0.3 is 0 Å². The predicted molar refractivity (Wildman–Crippen MR) is 54.5 cm³/mol. The Kier molecular flexibility index (Phi) is 4.01. The quantitative estimate of drug-likeness (QED) is 0.550. The number of hydrogen-bond donors (Lipinski definition) is 1. The zero-order valence-electron chi connectivity index (χ0n) is 7.79. The van der Waals surface area contributed by atoms with E-state index < -0.39 is 10.0 Å². The van der Waals surface area contributed by atoms with E-state index in [4.69, 9.17) is 11.6 Å². The maximum absolute atomic E-state index is 11.3. The van der Waals surface area contributed by atoms with Crippen molar-refractivity contribution in [2.24, 2.45) is 0 Å². The first-order valence-electron chi connectivity index (χ1n) is 4.65. The fourth-order valence-electron chi connectivity index (χ4n) is 1.09. The minimum absolute atomic E-state index is 0.110. The molecule has 1 N–H and O–H groups in total. The third-order valence-electron chi connectivity index (χ3n) is 2.05. The number of alkyl halides is 1. The van der Waals surface area contributed by atoms with Gasteiger partial charge in [0.1, 0.15) is 0 Å². The Labute approximate surface area is 84.9 Å². The predicted octanol–water partition coefficient (Wildman–Crippen LogP) is 1.48. The molecule has 1 atom stereocenters. The van der Waals surface area contributed by atoms with Crippen LogP contribution in [0.3, 0.4) is 0 Å². The van der Waals surface area contributed by atoms with Gasteiger partial charge in [-0.2, -0.15) is 0 Å². The van der Waals surface area contributed by atoms with Gasteiger partial charge in [0.2, 0.25) is 10.0 Å². The second-order valence-corrected chi connectivity index (χ2v) is 6.35. The molecule has 78 valence electrons. The summed E-state index contributed by atoms with van der Waals surface area (Å²) in [4.78, 5) is 0. The Morgan fingerprint density at radius 2 is 2.15 bits per heavy atom. The van der Waals surface area contributed by atoms with Gasteiger partial charge in [-0.1, -0.05) is 0 Å². The van der Waals surface area contributed by atoms with Crippen LogP contribution < -0.4 is 4.72 Å². The van der Waals surface area contributed by atoms with Crippen molar-refractivity contribution in [3.05, 3.63) is 0 Å². The first kappa shape index (κ1) is 11.3. The lowest BCUT2D eigenvalue weighted by Crippen LogP contribution is -2.28. The molecule has 1 aliphatic rings. The molecular weight excluding hydrogens is 210 g/mol. The highest BCUT2D eigenvalue weighted by Crippen LogP contribution is 2.27. The van der Waals surface area contributed by atoms with Crippen LogP contribution in [0.25, 0.3) is 0 Å². The topological polar surface area (TPSA) is 46.2 Å². The maximum Gasteiger partial charge on any atom is 0.214 e. The first-order chi connectivity index (χ1) is 6.02. The highest BCUT2D eigenvalue weighted by atomic mass is 35.5. The molecule has 0 amide bonds. The summed E-state index contributed by atoms with van der Waals surface area (Å²) in [5, 5.41) is 0.0198. The molecule has 0 aliphatic heterocycles. The van der Waals surface area contributed by atoms with E-state index in [1.807, 2.05) is 6.92 Å². The van der Waals surface area contributed by atoms with Crippen LogP contribution in [0.2, 0.25) is 0 Å². The monoisotopic (exact) mass is 225 g/mol. The van der Waals surface area contributed by atoms with Crippen LogP contribution in [-0.4, -0.2) is 25.6 Å². The number of hydrogen-bond acceptors (Lipinski definition) is 2. The van der Waals surface area contributed by atoms with Gasteiger partial charge in [-0.3, -0.25) is 0 Å². The lowest BCUT2D eigenvalue weighted by atomic mass is 10.2. The Balaban J connectivity index is 2.11. The highest BCUT2D eigenvalue weighted by molar-refractivity contribution is 7.90. The second-order valence-electron chi connectivity index (χ2n) is 3.56. The molecule has 1 unspecified atom stereocenters. The molecule has 0 aromatic rings. The molecule has 1 fully saturated rings. The SMILES string of the molecule is CC(Cl)CCCNS(=O)(=O)C1CC1. The van der Waals surface area contributed by atoms with E-state index in [1.54, 1.807) is 0 Å². The van der Waals surface area contributed by atoms with E-state index in [1.165, 1.54) is 0 Å². The van der Waals surface area contributed by atoms with Crippen molar-refractivity contribution in [3.8, 4) is 0 Å². The van der Waals surface area contributed by atoms with Gasteiger partial charge in [-0.05, 0) is 32.6 Å². The Morgan fingerprint density at radius 1 is 1.54 bits per heavy atom. The summed E-state index contributed by atoms with van der Waals surface area (Å²) < 4.78 is 25.2. The Morgan fingerprint density at radius 3 is 2.62 bits per heavy atom. The van der Waals surface area contributed by atoms with E-state index in [9.17, 15) is 8.42 Å².